The molecule has 0 aliphatic heterocycles. The molecule has 4 nitrogen and oxygen atoms in total. The van der Waals surface area contributed by atoms with Gasteiger partial charge in [-0.2, -0.15) is 11.8 Å². The maximum Gasteiger partial charge on any atom is 0.131 e. The predicted molar refractivity (Wildman–Crippen MR) is 84.0 cm³/mol. The van der Waals surface area contributed by atoms with E-state index >= 15 is 0 Å². The van der Waals surface area contributed by atoms with Crippen LogP contribution in [0, 0.1) is 0 Å². The largest absolute Gasteiger partial charge is 0.370 e. The first-order valence-corrected chi connectivity index (χ1v) is 8.47. The van der Waals surface area contributed by atoms with Gasteiger partial charge in [-0.1, -0.05) is 19.8 Å². The number of anilines is 2. The van der Waals surface area contributed by atoms with Gasteiger partial charge < -0.3 is 10.6 Å². The molecule has 1 aromatic rings. The maximum absolute atomic E-state index is 4.34. The monoisotopic (exact) mass is 280 g/mol. The van der Waals surface area contributed by atoms with Crippen molar-refractivity contribution < 1.29 is 0 Å². The highest BCUT2D eigenvalue weighted by Crippen LogP contribution is 2.29. The average Bonchev–Trinajstić information content (AvgIpc) is 2.46. The highest BCUT2D eigenvalue weighted by Gasteiger charge is 2.24. The van der Waals surface area contributed by atoms with Crippen LogP contribution in [0.15, 0.2) is 12.4 Å². The van der Waals surface area contributed by atoms with Crippen LogP contribution in [-0.4, -0.2) is 34.1 Å². The number of rotatable bonds is 6. The predicted octanol–water partition coefficient (Wildman–Crippen LogP) is 3.38. The van der Waals surface area contributed by atoms with E-state index in [1.807, 2.05) is 17.8 Å². The van der Waals surface area contributed by atoms with Gasteiger partial charge in [0, 0.05) is 23.9 Å². The van der Waals surface area contributed by atoms with E-state index in [1.165, 1.54) is 25.7 Å². The van der Waals surface area contributed by atoms with Crippen LogP contribution in [0.3, 0.4) is 0 Å². The first kappa shape index (κ1) is 14.4. The number of thioether (sulfide) groups is 1. The number of hydrogen-bond donors (Lipinski definition) is 2. The Bertz CT molecular complexity index is 385. The molecule has 2 atom stereocenters. The zero-order valence-corrected chi connectivity index (χ0v) is 12.7. The molecule has 2 unspecified atom stereocenters. The summed E-state index contributed by atoms with van der Waals surface area (Å²) in [6, 6.07) is 2.56. The Morgan fingerprint density at radius 1 is 1.26 bits per heavy atom. The van der Waals surface area contributed by atoms with E-state index < -0.39 is 0 Å². The van der Waals surface area contributed by atoms with Crippen LogP contribution in [0.25, 0.3) is 0 Å². The lowest BCUT2D eigenvalue weighted by molar-refractivity contribution is 0.474. The van der Waals surface area contributed by atoms with Gasteiger partial charge in [0.15, 0.2) is 0 Å². The molecule has 2 rings (SSSR count). The maximum atomic E-state index is 4.34. The van der Waals surface area contributed by atoms with Crippen molar-refractivity contribution in [3.63, 3.8) is 0 Å². The molecule has 1 saturated carbocycles. The van der Waals surface area contributed by atoms with Gasteiger partial charge in [0.1, 0.15) is 18.0 Å². The number of aromatic nitrogens is 2. The molecular weight excluding hydrogens is 256 g/mol. The van der Waals surface area contributed by atoms with Crippen molar-refractivity contribution in [3.05, 3.63) is 12.4 Å². The van der Waals surface area contributed by atoms with Gasteiger partial charge in [-0.05, 0) is 25.5 Å². The lowest BCUT2D eigenvalue weighted by Crippen LogP contribution is -2.34. The molecule has 0 saturated heterocycles. The van der Waals surface area contributed by atoms with Crippen molar-refractivity contribution in [2.24, 2.45) is 0 Å². The van der Waals surface area contributed by atoms with E-state index in [0.29, 0.717) is 11.3 Å². The SMILES string of the molecule is CCCNc1cc(NC2CCCCC2SC)ncn1. The molecule has 1 aliphatic carbocycles. The van der Waals surface area contributed by atoms with Crippen LogP contribution in [0.1, 0.15) is 39.0 Å². The zero-order valence-electron chi connectivity index (χ0n) is 11.9. The van der Waals surface area contributed by atoms with Crippen LogP contribution < -0.4 is 10.6 Å². The van der Waals surface area contributed by atoms with Crippen molar-refractivity contribution in [2.45, 2.75) is 50.3 Å². The second-order valence-electron chi connectivity index (χ2n) is 5.02. The highest BCUT2D eigenvalue weighted by molar-refractivity contribution is 7.99. The number of nitrogens with one attached hydrogen (secondary N) is 2. The van der Waals surface area contributed by atoms with Crippen molar-refractivity contribution in [1.82, 2.24) is 9.97 Å². The van der Waals surface area contributed by atoms with Gasteiger partial charge in [-0.25, -0.2) is 9.97 Å². The summed E-state index contributed by atoms with van der Waals surface area (Å²) in [5.74, 6) is 1.86. The Morgan fingerprint density at radius 2 is 2.05 bits per heavy atom. The van der Waals surface area contributed by atoms with Gasteiger partial charge in [-0.3, -0.25) is 0 Å². The molecule has 0 radical (unpaired) electrons. The molecule has 19 heavy (non-hydrogen) atoms. The minimum atomic E-state index is 0.540. The topological polar surface area (TPSA) is 49.8 Å². The molecule has 1 fully saturated rings. The summed E-state index contributed by atoms with van der Waals surface area (Å²) in [4.78, 5) is 8.58. The molecule has 2 N–H and O–H groups in total. The normalized spacial score (nSPS) is 23.1. The molecule has 1 aromatic heterocycles. The summed E-state index contributed by atoms with van der Waals surface area (Å²) in [6.45, 7) is 3.10. The van der Waals surface area contributed by atoms with Gasteiger partial charge in [0.25, 0.3) is 0 Å². The summed E-state index contributed by atoms with van der Waals surface area (Å²) < 4.78 is 0. The Morgan fingerprint density at radius 3 is 2.84 bits per heavy atom. The third kappa shape index (κ3) is 4.27. The zero-order chi connectivity index (χ0) is 13.5. The fourth-order valence-electron chi connectivity index (χ4n) is 2.52. The fraction of sp³-hybridized carbons (Fsp3) is 0.714. The minimum absolute atomic E-state index is 0.540. The van der Waals surface area contributed by atoms with E-state index in [2.05, 4.69) is 33.8 Å². The summed E-state index contributed by atoms with van der Waals surface area (Å²) in [5.41, 5.74) is 0. The number of nitrogens with zero attached hydrogens (tertiary/aromatic N) is 2. The van der Waals surface area contributed by atoms with Crippen LogP contribution in [0.5, 0.6) is 0 Å². The molecule has 1 heterocycles. The van der Waals surface area contributed by atoms with E-state index in [4.69, 9.17) is 0 Å². The van der Waals surface area contributed by atoms with Crippen molar-refractivity contribution >= 4 is 23.4 Å². The quantitative estimate of drug-likeness (QED) is 0.836. The molecule has 1 aliphatic rings. The number of hydrogen-bond acceptors (Lipinski definition) is 5. The van der Waals surface area contributed by atoms with Crippen LogP contribution in [-0.2, 0) is 0 Å². The van der Waals surface area contributed by atoms with Gasteiger partial charge in [-0.15, -0.1) is 0 Å². The molecule has 0 aromatic carbocycles. The fourth-order valence-corrected chi connectivity index (χ4v) is 3.46. The second-order valence-corrected chi connectivity index (χ2v) is 6.10. The summed E-state index contributed by atoms with van der Waals surface area (Å²) in [5, 5.41) is 7.59. The first-order valence-electron chi connectivity index (χ1n) is 7.18. The third-order valence-electron chi connectivity index (χ3n) is 3.56. The third-order valence-corrected chi connectivity index (χ3v) is 4.73. The average molecular weight is 280 g/mol. The van der Waals surface area contributed by atoms with E-state index in [1.54, 1.807) is 6.33 Å². The molecule has 0 spiro atoms. The molecule has 5 heteroatoms. The van der Waals surface area contributed by atoms with Crippen molar-refractivity contribution in [3.8, 4) is 0 Å². The summed E-state index contributed by atoms with van der Waals surface area (Å²) in [7, 11) is 0. The second kappa shape index (κ2) is 7.58. The minimum Gasteiger partial charge on any atom is -0.370 e. The van der Waals surface area contributed by atoms with Gasteiger partial charge in [0.05, 0.1) is 0 Å². The summed E-state index contributed by atoms with van der Waals surface area (Å²) in [6.07, 6.45) is 10.2. The van der Waals surface area contributed by atoms with Gasteiger partial charge >= 0.3 is 0 Å². The van der Waals surface area contributed by atoms with E-state index in [-0.39, 0.29) is 0 Å². The Labute approximate surface area is 120 Å². The van der Waals surface area contributed by atoms with Crippen molar-refractivity contribution in [1.29, 1.82) is 0 Å². The lowest BCUT2D eigenvalue weighted by atomic mass is 9.95. The Balaban J connectivity index is 1.97. The molecule has 0 amide bonds. The van der Waals surface area contributed by atoms with E-state index in [9.17, 15) is 0 Å². The standard InChI is InChI=1S/C14H24N4S/c1-3-8-15-13-9-14(17-10-16-13)18-11-6-4-5-7-12(11)19-2/h9-12H,3-8H2,1-2H3,(H2,15,16,17,18). The smallest absolute Gasteiger partial charge is 0.131 e. The summed E-state index contributed by atoms with van der Waals surface area (Å²) >= 11 is 1.97. The van der Waals surface area contributed by atoms with Crippen LogP contribution in [0.2, 0.25) is 0 Å². The molecular formula is C14H24N4S. The lowest BCUT2D eigenvalue weighted by Gasteiger charge is -2.31. The van der Waals surface area contributed by atoms with Crippen LogP contribution in [0.4, 0.5) is 11.6 Å². The highest BCUT2D eigenvalue weighted by atomic mass is 32.2. The molecule has 0 bridgehead atoms. The Hall–Kier alpha value is -0.970. The van der Waals surface area contributed by atoms with Crippen molar-refractivity contribution in [2.75, 3.05) is 23.4 Å². The van der Waals surface area contributed by atoms with Gasteiger partial charge in [0.2, 0.25) is 0 Å². The van der Waals surface area contributed by atoms with E-state index in [0.717, 1.165) is 24.6 Å². The molecule has 106 valence electrons. The van der Waals surface area contributed by atoms with Crippen LogP contribution >= 0.6 is 11.8 Å². The Kier molecular flexibility index (Phi) is 5.76. The first-order chi connectivity index (χ1) is 9.33.